The first-order valence-corrected chi connectivity index (χ1v) is 10.6. The van der Waals surface area contributed by atoms with Gasteiger partial charge in [0.05, 0.1) is 6.61 Å². The molecule has 0 aliphatic carbocycles. The molecule has 28 heavy (non-hydrogen) atoms. The molecule has 0 bridgehead atoms. The number of ether oxygens (including phenoxy) is 1. The van der Waals surface area contributed by atoms with E-state index in [4.69, 9.17) is 4.74 Å². The van der Waals surface area contributed by atoms with E-state index < -0.39 is 0 Å². The highest BCUT2D eigenvalue weighted by Gasteiger charge is 2.20. The van der Waals surface area contributed by atoms with Gasteiger partial charge in [-0.15, -0.1) is 0 Å². The first-order valence-electron chi connectivity index (χ1n) is 10.6. The third kappa shape index (κ3) is 5.95. The number of carbonyl (C=O) groups excluding carboxylic acids is 1. The van der Waals surface area contributed by atoms with E-state index in [1.54, 1.807) is 17.0 Å². The van der Waals surface area contributed by atoms with Crippen molar-refractivity contribution in [2.45, 2.75) is 73.1 Å². The summed E-state index contributed by atoms with van der Waals surface area (Å²) in [6.45, 7) is 13.5. The van der Waals surface area contributed by atoms with E-state index in [-0.39, 0.29) is 12.0 Å². The predicted molar refractivity (Wildman–Crippen MR) is 115 cm³/mol. The zero-order valence-electron chi connectivity index (χ0n) is 18.4. The number of imidazole rings is 1. The van der Waals surface area contributed by atoms with Gasteiger partial charge in [-0.25, -0.2) is 14.3 Å². The molecule has 4 heteroatoms. The molecule has 0 radical (unpaired) electrons. The molecule has 2 atom stereocenters. The molecule has 1 heterocycles. The number of carbonyl (C=O) groups is 1. The van der Waals surface area contributed by atoms with Crippen LogP contribution < -0.4 is 0 Å². The number of aryl methyl sites for hydroxylation is 1. The van der Waals surface area contributed by atoms with Crippen LogP contribution in [0.25, 0.3) is 0 Å². The summed E-state index contributed by atoms with van der Waals surface area (Å²) in [5.41, 5.74) is 3.68. The smallest absolute Gasteiger partial charge is 0.419 e. The third-order valence-electron chi connectivity index (χ3n) is 5.68. The normalized spacial score (nSPS) is 13.5. The molecule has 0 fully saturated rings. The molecule has 0 aliphatic rings. The Morgan fingerprint density at radius 2 is 1.86 bits per heavy atom. The molecule has 0 N–H and O–H groups in total. The quantitative estimate of drug-likeness (QED) is 0.496. The van der Waals surface area contributed by atoms with Crippen molar-refractivity contribution in [3.8, 4) is 0 Å². The van der Waals surface area contributed by atoms with Crippen molar-refractivity contribution in [1.82, 2.24) is 9.55 Å². The Balaban J connectivity index is 1.93. The van der Waals surface area contributed by atoms with Gasteiger partial charge in [-0.05, 0) is 48.8 Å². The Kier molecular flexibility index (Phi) is 8.28. The number of hydrogen-bond acceptors (Lipinski definition) is 3. The van der Waals surface area contributed by atoms with E-state index in [9.17, 15) is 4.79 Å². The lowest BCUT2D eigenvalue weighted by Gasteiger charge is -2.17. The first kappa shape index (κ1) is 22.2. The number of rotatable bonds is 9. The average Bonchev–Trinajstić information content (AvgIpc) is 3.13. The summed E-state index contributed by atoms with van der Waals surface area (Å²) < 4.78 is 7.10. The van der Waals surface area contributed by atoms with Crippen LogP contribution in [0.15, 0.2) is 30.6 Å². The van der Waals surface area contributed by atoms with Crippen LogP contribution in [0.4, 0.5) is 4.79 Å². The van der Waals surface area contributed by atoms with Gasteiger partial charge in [0.2, 0.25) is 0 Å². The summed E-state index contributed by atoms with van der Waals surface area (Å²) in [6.07, 6.45) is 7.64. The second-order valence-corrected chi connectivity index (χ2v) is 8.50. The van der Waals surface area contributed by atoms with Crippen molar-refractivity contribution in [1.29, 1.82) is 0 Å². The summed E-state index contributed by atoms with van der Waals surface area (Å²) in [5, 5.41) is 0. The summed E-state index contributed by atoms with van der Waals surface area (Å²) in [4.78, 5) is 17.0. The molecule has 2 aromatic rings. The maximum absolute atomic E-state index is 12.6. The monoisotopic (exact) mass is 384 g/mol. The standard InChI is InChI=1S/C24H36N2O2/c1-17(2)9-7-10-18(3)13-16-28-24(27)26-15-14-25-23(26)21(6)22-12-8-11-19(4)20(22)5/h8,11-12,14-15,17-18,21H,7,9-10,13,16H2,1-6H3/t18?,21-/m0/s1. The van der Waals surface area contributed by atoms with E-state index >= 15 is 0 Å². The SMILES string of the molecule is Cc1cccc([C@H](C)c2nccn2C(=O)OCCC(C)CCCC(C)C)c1C. The van der Waals surface area contributed by atoms with Gasteiger partial charge < -0.3 is 4.74 Å². The third-order valence-corrected chi connectivity index (χ3v) is 5.68. The van der Waals surface area contributed by atoms with Gasteiger partial charge in [-0.1, -0.05) is 65.2 Å². The van der Waals surface area contributed by atoms with Crippen molar-refractivity contribution >= 4 is 6.09 Å². The van der Waals surface area contributed by atoms with Crippen LogP contribution in [0.5, 0.6) is 0 Å². The van der Waals surface area contributed by atoms with Gasteiger partial charge in [0.15, 0.2) is 0 Å². The summed E-state index contributed by atoms with van der Waals surface area (Å²) in [7, 11) is 0. The van der Waals surface area contributed by atoms with Crippen molar-refractivity contribution in [3.05, 3.63) is 53.1 Å². The molecule has 2 rings (SSSR count). The first-order chi connectivity index (χ1) is 13.3. The zero-order valence-corrected chi connectivity index (χ0v) is 18.4. The van der Waals surface area contributed by atoms with Gasteiger partial charge in [0.1, 0.15) is 5.82 Å². The highest BCUT2D eigenvalue weighted by molar-refractivity contribution is 5.71. The number of aromatic nitrogens is 2. The molecule has 0 aliphatic heterocycles. The Morgan fingerprint density at radius 1 is 1.11 bits per heavy atom. The Bertz CT molecular complexity index is 764. The fraction of sp³-hybridized carbons (Fsp3) is 0.583. The highest BCUT2D eigenvalue weighted by Crippen LogP contribution is 2.27. The Hall–Kier alpha value is -2.10. The van der Waals surface area contributed by atoms with Crippen LogP contribution >= 0.6 is 0 Å². The van der Waals surface area contributed by atoms with E-state index in [1.165, 1.54) is 36.0 Å². The fourth-order valence-electron chi connectivity index (χ4n) is 3.61. The average molecular weight is 385 g/mol. The van der Waals surface area contributed by atoms with Crippen LogP contribution in [0.3, 0.4) is 0 Å². The predicted octanol–water partition coefficient (Wildman–Crippen LogP) is 6.49. The molecule has 1 aromatic carbocycles. The van der Waals surface area contributed by atoms with Crippen LogP contribution in [-0.4, -0.2) is 22.3 Å². The van der Waals surface area contributed by atoms with Crippen molar-refractivity contribution in [2.75, 3.05) is 6.61 Å². The number of benzene rings is 1. The topological polar surface area (TPSA) is 44.1 Å². The van der Waals surface area contributed by atoms with Crippen molar-refractivity contribution in [3.63, 3.8) is 0 Å². The van der Waals surface area contributed by atoms with E-state index in [0.717, 1.165) is 18.2 Å². The Labute approximate surface area is 170 Å². The molecule has 4 nitrogen and oxygen atoms in total. The second kappa shape index (κ2) is 10.4. The second-order valence-electron chi connectivity index (χ2n) is 8.50. The molecule has 0 amide bonds. The lowest BCUT2D eigenvalue weighted by atomic mass is 9.93. The van der Waals surface area contributed by atoms with Gasteiger partial charge in [-0.3, -0.25) is 0 Å². The van der Waals surface area contributed by atoms with E-state index in [1.807, 2.05) is 0 Å². The zero-order chi connectivity index (χ0) is 20.7. The highest BCUT2D eigenvalue weighted by atomic mass is 16.5. The fourth-order valence-corrected chi connectivity index (χ4v) is 3.61. The van der Waals surface area contributed by atoms with E-state index in [0.29, 0.717) is 12.5 Å². The molecule has 0 saturated heterocycles. The molecular formula is C24H36N2O2. The minimum Gasteiger partial charge on any atom is -0.449 e. The van der Waals surface area contributed by atoms with Crippen LogP contribution in [0.2, 0.25) is 0 Å². The minimum atomic E-state index is -0.334. The summed E-state index contributed by atoms with van der Waals surface area (Å²) >= 11 is 0. The molecule has 0 spiro atoms. The number of hydrogen-bond donors (Lipinski definition) is 0. The molecule has 1 aromatic heterocycles. The summed E-state index contributed by atoms with van der Waals surface area (Å²) in [6, 6.07) is 6.27. The van der Waals surface area contributed by atoms with Gasteiger partial charge >= 0.3 is 6.09 Å². The van der Waals surface area contributed by atoms with Crippen LogP contribution in [0.1, 0.15) is 81.8 Å². The largest absolute Gasteiger partial charge is 0.449 e. The van der Waals surface area contributed by atoms with Gasteiger partial charge in [0.25, 0.3) is 0 Å². The molecular weight excluding hydrogens is 348 g/mol. The van der Waals surface area contributed by atoms with Crippen LogP contribution in [0, 0.1) is 25.7 Å². The molecule has 0 saturated carbocycles. The maximum Gasteiger partial charge on any atom is 0.419 e. The minimum absolute atomic E-state index is 0.0254. The van der Waals surface area contributed by atoms with Gasteiger partial charge in [-0.2, -0.15) is 0 Å². The lowest BCUT2D eigenvalue weighted by Crippen LogP contribution is -2.19. The lowest BCUT2D eigenvalue weighted by molar-refractivity contribution is 0.139. The van der Waals surface area contributed by atoms with E-state index in [2.05, 4.69) is 64.7 Å². The van der Waals surface area contributed by atoms with Crippen molar-refractivity contribution in [2.24, 2.45) is 11.8 Å². The van der Waals surface area contributed by atoms with Crippen molar-refractivity contribution < 1.29 is 9.53 Å². The van der Waals surface area contributed by atoms with Gasteiger partial charge in [0, 0.05) is 18.3 Å². The summed E-state index contributed by atoms with van der Waals surface area (Å²) in [5.74, 6) is 2.08. The Morgan fingerprint density at radius 3 is 2.57 bits per heavy atom. The van der Waals surface area contributed by atoms with Crippen LogP contribution in [-0.2, 0) is 4.74 Å². The number of nitrogens with zero attached hydrogens (tertiary/aromatic N) is 2. The maximum atomic E-state index is 12.6. The molecule has 1 unspecified atom stereocenters. The molecule has 154 valence electrons.